The molecule has 2 aliphatic rings. The van der Waals surface area contributed by atoms with E-state index < -0.39 is 36.3 Å². The maximum Gasteiger partial charge on any atom is 0.270 e. The first-order valence-corrected chi connectivity index (χ1v) is 11.1. The summed E-state index contributed by atoms with van der Waals surface area (Å²) in [6.07, 6.45) is 1.81. The Hall–Kier alpha value is -3.40. The molecule has 10 heteroatoms. The summed E-state index contributed by atoms with van der Waals surface area (Å²) in [5, 5.41) is 15.5. The largest absolute Gasteiger partial charge is 0.496 e. The third-order valence-corrected chi connectivity index (χ3v) is 6.43. The predicted molar refractivity (Wildman–Crippen MR) is 119 cm³/mol. The van der Waals surface area contributed by atoms with Crippen molar-refractivity contribution in [2.45, 2.75) is 37.8 Å². The first-order chi connectivity index (χ1) is 15.9. The number of methoxy groups -OCH3 is 1. The van der Waals surface area contributed by atoms with E-state index in [1.54, 1.807) is 19.2 Å². The number of benzene rings is 1. The number of carbonyl (C=O) groups is 4. The minimum atomic E-state index is -0.980. The molecule has 0 aliphatic carbocycles. The number of aromatic nitrogens is 1. The molecular weight excluding hydrogens is 428 g/mol. The number of amides is 3. The van der Waals surface area contributed by atoms with Gasteiger partial charge >= 0.3 is 0 Å². The first kappa shape index (κ1) is 22.8. The summed E-state index contributed by atoms with van der Waals surface area (Å²) in [6.45, 7) is 0.203. The lowest BCUT2D eigenvalue weighted by atomic mass is 9.95. The fourth-order valence-electron chi connectivity index (χ4n) is 4.66. The number of nitrogens with one attached hydrogen (secondary N) is 3. The molecule has 1 aromatic heterocycles. The summed E-state index contributed by atoms with van der Waals surface area (Å²) in [6, 6.07) is 5.46. The van der Waals surface area contributed by atoms with Gasteiger partial charge in [0.25, 0.3) is 5.91 Å². The second-order valence-electron chi connectivity index (χ2n) is 8.46. The van der Waals surface area contributed by atoms with E-state index in [-0.39, 0.29) is 18.2 Å². The van der Waals surface area contributed by atoms with Crippen molar-refractivity contribution < 1.29 is 29.0 Å². The van der Waals surface area contributed by atoms with E-state index in [0.29, 0.717) is 43.8 Å². The van der Waals surface area contributed by atoms with Crippen LogP contribution in [0.3, 0.4) is 0 Å². The average Bonchev–Trinajstić information content (AvgIpc) is 3.57. The van der Waals surface area contributed by atoms with E-state index in [4.69, 9.17) is 4.74 Å². The van der Waals surface area contributed by atoms with Crippen LogP contribution in [0.1, 0.15) is 36.2 Å². The highest BCUT2D eigenvalue weighted by atomic mass is 16.5. The van der Waals surface area contributed by atoms with Crippen molar-refractivity contribution in [2.24, 2.45) is 5.92 Å². The molecule has 0 radical (unpaired) electrons. The predicted octanol–water partition coefficient (Wildman–Crippen LogP) is 0.354. The lowest BCUT2D eigenvalue weighted by molar-refractivity contribution is -0.132. The molecule has 3 heterocycles. The molecule has 0 saturated carbocycles. The smallest absolute Gasteiger partial charge is 0.270 e. The quantitative estimate of drug-likeness (QED) is 0.452. The van der Waals surface area contributed by atoms with Crippen molar-refractivity contribution >= 4 is 34.4 Å². The number of aliphatic hydroxyl groups is 1. The van der Waals surface area contributed by atoms with Gasteiger partial charge < -0.3 is 30.4 Å². The lowest BCUT2D eigenvalue weighted by Crippen LogP contribution is -2.52. The Kier molecular flexibility index (Phi) is 6.64. The monoisotopic (exact) mass is 456 g/mol. The normalized spacial score (nSPS) is 21.2. The molecule has 176 valence electrons. The maximum absolute atomic E-state index is 13.2. The number of hydrogen-bond acceptors (Lipinski definition) is 6. The van der Waals surface area contributed by atoms with E-state index in [1.807, 2.05) is 12.1 Å². The van der Waals surface area contributed by atoms with E-state index in [9.17, 15) is 24.3 Å². The molecule has 0 unspecified atom stereocenters. The molecule has 2 saturated heterocycles. The number of rotatable bonds is 8. The number of hydrogen-bond donors (Lipinski definition) is 4. The molecule has 2 aromatic rings. The first-order valence-electron chi connectivity index (χ1n) is 11.1. The molecule has 3 atom stereocenters. The minimum Gasteiger partial charge on any atom is -0.496 e. The summed E-state index contributed by atoms with van der Waals surface area (Å²) in [5.74, 6) is -1.24. The van der Waals surface area contributed by atoms with Crippen molar-refractivity contribution in [3.05, 3.63) is 30.0 Å². The molecule has 10 nitrogen and oxygen atoms in total. The molecule has 1 aromatic carbocycles. The van der Waals surface area contributed by atoms with Gasteiger partial charge in [0.1, 0.15) is 24.1 Å². The Morgan fingerprint density at radius 1 is 1.30 bits per heavy atom. The van der Waals surface area contributed by atoms with Crippen LogP contribution in [0.2, 0.25) is 0 Å². The van der Waals surface area contributed by atoms with Gasteiger partial charge in [0.2, 0.25) is 11.8 Å². The van der Waals surface area contributed by atoms with Gasteiger partial charge in [-0.3, -0.25) is 19.2 Å². The molecule has 3 amide bonds. The fraction of sp³-hybridized carbons (Fsp3) is 0.478. The van der Waals surface area contributed by atoms with Crippen LogP contribution >= 0.6 is 0 Å². The Balaban J connectivity index is 1.49. The highest BCUT2D eigenvalue weighted by Crippen LogP contribution is 2.28. The Bertz CT molecular complexity index is 1080. The van der Waals surface area contributed by atoms with E-state index in [0.717, 1.165) is 10.9 Å². The topological polar surface area (TPSA) is 141 Å². The summed E-state index contributed by atoms with van der Waals surface area (Å²) >= 11 is 0. The van der Waals surface area contributed by atoms with Crippen LogP contribution in [0.5, 0.6) is 5.75 Å². The number of H-pyrrole nitrogens is 1. The van der Waals surface area contributed by atoms with Crippen LogP contribution in [0.25, 0.3) is 10.9 Å². The number of fused-ring (bicyclic) bond motifs is 1. The van der Waals surface area contributed by atoms with Crippen LogP contribution in [-0.2, 0) is 14.4 Å². The van der Waals surface area contributed by atoms with E-state index in [1.165, 1.54) is 4.90 Å². The lowest BCUT2D eigenvalue weighted by Gasteiger charge is -2.26. The molecule has 33 heavy (non-hydrogen) atoms. The molecule has 0 bridgehead atoms. The molecule has 2 fully saturated rings. The Morgan fingerprint density at radius 3 is 2.82 bits per heavy atom. The molecule has 4 N–H and O–H groups in total. The summed E-state index contributed by atoms with van der Waals surface area (Å²) in [5.41, 5.74) is 1.10. The van der Waals surface area contributed by atoms with Crippen LogP contribution in [0.4, 0.5) is 0 Å². The van der Waals surface area contributed by atoms with E-state index >= 15 is 0 Å². The highest BCUT2D eigenvalue weighted by molar-refractivity contribution is 6.02. The molecule has 4 rings (SSSR count). The number of ether oxygens (including phenoxy) is 1. The molecule has 2 aliphatic heterocycles. The van der Waals surface area contributed by atoms with Crippen molar-refractivity contribution in [3.63, 3.8) is 0 Å². The zero-order chi connectivity index (χ0) is 23.5. The van der Waals surface area contributed by atoms with Gasteiger partial charge in [-0.25, -0.2) is 0 Å². The number of likely N-dealkylation sites (tertiary alicyclic amines) is 1. The number of carbonyl (C=O) groups excluding carboxylic acids is 4. The van der Waals surface area contributed by atoms with Crippen LogP contribution in [-0.4, -0.2) is 77.4 Å². The van der Waals surface area contributed by atoms with Gasteiger partial charge in [0, 0.05) is 29.9 Å². The van der Waals surface area contributed by atoms with E-state index in [2.05, 4.69) is 15.6 Å². The second-order valence-corrected chi connectivity index (χ2v) is 8.46. The van der Waals surface area contributed by atoms with Crippen LogP contribution < -0.4 is 15.4 Å². The minimum absolute atomic E-state index is 0.124. The van der Waals surface area contributed by atoms with Gasteiger partial charge in [-0.2, -0.15) is 0 Å². The van der Waals surface area contributed by atoms with Gasteiger partial charge in [-0.15, -0.1) is 0 Å². The standard InChI is InChI=1S/C23H28N4O6/c1-33-20-6-2-4-15-14(20)11-17(25-15)23(32)27-9-3-5-18(27)22(31)26-16(19(29)12-28)10-13-7-8-24-21(13)30/h2,4,6,11,13,16,18,25,28H,3,5,7-10,12H2,1H3,(H,24,30)(H,26,31)/t13-,16-,18-/m0/s1. The van der Waals surface area contributed by atoms with Gasteiger partial charge in [-0.05, 0) is 43.9 Å². The zero-order valence-corrected chi connectivity index (χ0v) is 18.4. The highest BCUT2D eigenvalue weighted by Gasteiger charge is 2.38. The summed E-state index contributed by atoms with van der Waals surface area (Å²) in [4.78, 5) is 55.1. The fourth-order valence-corrected chi connectivity index (χ4v) is 4.66. The van der Waals surface area contributed by atoms with Gasteiger partial charge in [0.05, 0.1) is 13.2 Å². The van der Waals surface area contributed by atoms with Crippen LogP contribution in [0, 0.1) is 5.92 Å². The van der Waals surface area contributed by atoms with Gasteiger partial charge in [0.15, 0.2) is 5.78 Å². The maximum atomic E-state index is 13.2. The van der Waals surface area contributed by atoms with Crippen LogP contribution in [0.15, 0.2) is 24.3 Å². The SMILES string of the molecule is COc1cccc2[nH]c(C(=O)N3CCC[C@H]3C(=O)N[C@@H](C[C@@H]3CCNC3=O)C(=O)CO)cc12. The molecule has 0 spiro atoms. The number of Topliss-reactive ketones (excluding diaryl/α,β-unsaturated/α-hetero) is 1. The second kappa shape index (κ2) is 9.62. The van der Waals surface area contributed by atoms with Crippen molar-refractivity contribution in [1.29, 1.82) is 0 Å². The van der Waals surface area contributed by atoms with Crippen molar-refractivity contribution in [3.8, 4) is 5.75 Å². The average molecular weight is 456 g/mol. The summed E-state index contributed by atoms with van der Waals surface area (Å²) < 4.78 is 5.35. The number of aromatic amines is 1. The Morgan fingerprint density at radius 2 is 2.12 bits per heavy atom. The van der Waals surface area contributed by atoms with Crippen molar-refractivity contribution in [2.75, 3.05) is 26.8 Å². The molecular formula is C23H28N4O6. The number of ketones is 1. The summed E-state index contributed by atoms with van der Waals surface area (Å²) in [7, 11) is 1.56. The third-order valence-electron chi connectivity index (χ3n) is 6.43. The third kappa shape index (κ3) is 4.56. The number of aliphatic hydroxyl groups excluding tert-OH is 1. The van der Waals surface area contributed by atoms with Gasteiger partial charge in [-0.1, -0.05) is 6.07 Å². The number of nitrogens with zero attached hydrogens (tertiary/aromatic N) is 1. The van der Waals surface area contributed by atoms with Crippen molar-refractivity contribution in [1.82, 2.24) is 20.5 Å². The zero-order valence-electron chi connectivity index (χ0n) is 18.4. The Labute approximate surface area is 190 Å².